The lowest BCUT2D eigenvalue weighted by Gasteiger charge is -2.21. The minimum atomic E-state index is -0.541. The molecule has 0 aliphatic rings. The Bertz CT molecular complexity index is 1180. The van der Waals surface area contributed by atoms with Crippen LogP contribution in [0, 0.1) is 19.8 Å². The Balaban J connectivity index is 0.00000306. The number of carbonyl (C=O) groups excluding carboxylic acids is 2. The first-order chi connectivity index (χ1) is 15.7. The number of pyridine rings is 1. The van der Waals surface area contributed by atoms with Crippen LogP contribution in [-0.4, -0.2) is 16.8 Å². The Morgan fingerprint density at radius 1 is 1.00 bits per heavy atom. The summed E-state index contributed by atoms with van der Waals surface area (Å²) in [6, 6.07) is 14.9. The lowest BCUT2D eigenvalue weighted by molar-refractivity contribution is -0.115. The number of anilines is 1. The van der Waals surface area contributed by atoms with Gasteiger partial charge < -0.3 is 16.8 Å². The third-order valence-electron chi connectivity index (χ3n) is 5.61. The second-order valence-electron chi connectivity index (χ2n) is 8.81. The molecule has 1 heterocycles. The van der Waals surface area contributed by atoms with Gasteiger partial charge in [0.1, 0.15) is 0 Å². The van der Waals surface area contributed by atoms with Crippen LogP contribution in [0.25, 0.3) is 11.1 Å². The van der Waals surface area contributed by atoms with Gasteiger partial charge in [-0.25, -0.2) is 0 Å². The molecule has 0 spiro atoms. The normalized spacial score (nSPS) is 10.3. The first kappa shape index (κ1) is 30.1. The molecule has 0 aliphatic carbocycles. The molecule has 188 valence electrons. The largest absolute Gasteiger partial charge is 0.366 e. The Kier molecular flexibility index (Phi) is 11.4. The van der Waals surface area contributed by atoms with Gasteiger partial charge in [0.05, 0.1) is 6.42 Å². The van der Waals surface area contributed by atoms with E-state index in [-0.39, 0.29) is 37.1 Å². The van der Waals surface area contributed by atoms with Crippen LogP contribution in [0.1, 0.15) is 52.3 Å². The molecule has 0 fully saturated rings. The van der Waals surface area contributed by atoms with Crippen molar-refractivity contribution in [1.82, 2.24) is 4.98 Å². The van der Waals surface area contributed by atoms with Gasteiger partial charge in [0.25, 0.3) is 0 Å². The highest BCUT2D eigenvalue weighted by atomic mass is 35.5. The highest BCUT2D eigenvalue weighted by Crippen LogP contribution is 2.33. The molecular formula is C27H34Cl2N4O2. The molecule has 0 saturated heterocycles. The zero-order valence-electron chi connectivity index (χ0n) is 20.6. The number of nitrogens with zero attached hydrogens (tertiary/aromatic N) is 1. The van der Waals surface area contributed by atoms with Crippen LogP contribution < -0.4 is 16.8 Å². The van der Waals surface area contributed by atoms with E-state index in [1.54, 1.807) is 24.3 Å². The smallest absolute Gasteiger partial charge is 0.248 e. The number of aryl methyl sites for hydroxylation is 2. The number of nitrogens with one attached hydrogen (secondary N) is 1. The molecule has 35 heavy (non-hydrogen) atoms. The summed E-state index contributed by atoms with van der Waals surface area (Å²) in [6.07, 6.45) is 0.955. The van der Waals surface area contributed by atoms with Crippen LogP contribution in [0.2, 0.25) is 0 Å². The number of aromatic nitrogens is 1. The molecule has 0 unspecified atom stereocenters. The van der Waals surface area contributed by atoms with Crippen LogP contribution in [0.3, 0.4) is 0 Å². The van der Waals surface area contributed by atoms with Crippen LogP contribution >= 0.6 is 24.8 Å². The number of amides is 2. The Morgan fingerprint density at radius 3 is 2.23 bits per heavy atom. The number of nitrogens with two attached hydrogens (primary N) is 2. The minimum Gasteiger partial charge on any atom is -0.366 e. The van der Waals surface area contributed by atoms with E-state index in [0.717, 1.165) is 45.6 Å². The molecule has 6 nitrogen and oxygen atoms in total. The summed E-state index contributed by atoms with van der Waals surface area (Å²) >= 11 is 0. The highest BCUT2D eigenvalue weighted by Gasteiger charge is 2.21. The second kappa shape index (κ2) is 13.2. The molecule has 3 aromatic rings. The monoisotopic (exact) mass is 516 g/mol. The predicted molar refractivity (Wildman–Crippen MR) is 147 cm³/mol. The molecule has 1 aromatic heterocycles. The Hall–Kier alpha value is -2.93. The quantitative estimate of drug-likeness (QED) is 0.384. The fourth-order valence-electron chi connectivity index (χ4n) is 4.02. The lowest BCUT2D eigenvalue weighted by atomic mass is 9.88. The summed E-state index contributed by atoms with van der Waals surface area (Å²) in [4.78, 5) is 29.4. The average Bonchev–Trinajstić information content (AvgIpc) is 2.75. The van der Waals surface area contributed by atoms with Gasteiger partial charge in [-0.3, -0.25) is 14.6 Å². The zero-order valence-corrected chi connectivity index (χ0v) is 22.2. The highest BCUT2D eigenvalue weighted by molar-refractivity contribution is 5.97. The molecule has 0 aliphatic heterocycles. The summed E-state index contributed by atoms with van der Waals surface area (Å²) < 4.78 is 0. The van der Waals surface area contributed by atoms with Crippen molar-refractivity contribution in [3.8, 4) is 11.1 Å². The molecule has 2 amide bonds. The van der Waals surface area contributed by atoms with E-state index in [1.807, 2.05) is 13.8 Å². The van der Waals surface area contributed by atoms with E-state index in [2.05, 4.69) is 43.4 Å². The van der Waals surface area contributed by atoms with Crippen molar-refractivity contribution in [3.05, 3.63) is 82.2 Å². The van der Waals surface area contributed by atoms with Crippen molar-refractivity contribution in [3.63, 3.8) is 0 Å². The number of halogens is 2. The molecule has 2 aromatic carbocycles. The van der Waals surface area contributed by atoms with E-state index >= 15 is 0 Å². The first-order valence-corrected chi connectivity index (χ1v) is 11.2. The molecular weight excluding hydrogens is 483 g/mol. The topological polar surface area (TPSA) is 111 Å². The summed E-state index contributed by atoms with van der Waals surface area (Å²) in [7, 11) is 0. The number of primary amides is 1. The molecule has 0 saturated carbocycles. The molecule has 5 N–H and O–H groups in total. The van der Waals surface area contributed by atoms with Gasteiger partial charge >= 0.3 is 0 Å². The van der Waals surface area contributed by atoms with Gasteiger partial charge in [0.15, 0.2) is 0 Å². The number of carbonyl (C=O) groups is 2. The van der Waals surface area contributed by atoms with E-state index in [9.17, 15) is 9.59 Å². The second-order valence-corrected chi connectivity index (χ2v) is 8.81. The maximum Gasteiger partial charge on any atom is 0.248 e. The standard InChI is InChI=1S/C27H32N4O2.2ClH/c1-16(2)12-24-23(15-28)26(19-10-8-17(3)9-11-19)22(18(4)30-24)14-25(32)31-21-7-5-6-20(13-21)27(29)33;;/h5-11,13,16H,12,14-15,28H2,1-4H3,(H2,29,33)(H,31,32);2*1H. The van der Waals surface area contributed by atoms with Crippen molar-refractivity contribution < 1.29 is 9.59 Å². The number of hydrogen-bond acceptors (Lipinski definition) is 4. The SMILES string of the molecule is Cc1ccc(-c2c(CC(=O)Nc3cccc(C(N)=O)c3)c(C)nc(CC(C)C)c2CN)cc1.Cl.Cl. The fourth-order valence-corrected chi connectivity index (χ4v) is 4.02. The van der Waals surface area contributed by atoms with Gasteiger partial charge in [0, 0.05) is 29.2 Å². The zero-order chi connectivity index (χ0) is 24.1. The van der Waals surface area contributed by atoms with Crippen molar-refractivity contribution in [2.75, 3.05) is 5.32 Å². The van der Waals surface area contributed by atoms with E-state index in [1.165, 1.54) is 0 Å². The van der Waals surface area contributed by atoms with E-state index in [4.69, 9.17) is 16.5 Å². The van der Waals surface area contributed by atoms with Crippen molar-refractivity contribution >= 4 is 42.3 Å². The first-order valence-electron chi connectivity index (χ1n) is 11.2. The molecule has 0 radical (unpaired) electrons. The van der Waals surface area contributed by atoms with Crippen molar-refractivity contribution in [1.29, 1.82) is 0 Å². The maximum atomic E-state index is 13.0. The number of hydrogen-bond donors (Lipinski definition) is 3. The molecule has 3 rings (SSSR count). The Morgan fingerprint density at radius 2 is 1.66 bits per heavy atom. The van der Waals surface area contributed by atoms with Gasteiger partial charge in [0.2, 0.25) is 11.8 Å². The Labute approximate surface area is 219 Å². The lowest BCUT2D eigenvalue weighted by Crippen LogP contribution is -2.19. The summed E-state index contributed by atoms with van der Waals surface area (Å²) in [6.45, 7) is 8.64. The van der Waals surface area contributed by atoms with Gasteiger partial charge in [-0.1, -0.05) is 49.7 Å². The van der Waals surface area contributed by atoms with Crippen LogP contribution in [0.5, 0.6) is 0 Å². The van der Waals surface area contributed by atoms with Crippen molar-refractivity contribution in [2.45, 2.75) is 47.1 Å². The van der Waals surface area contributed by atoms with Crippen LogP contribution in [0.15, 0.2) is 48.5 Å². The third kappa shape index (κ3) is 7.52. The van der Waals surface area contributed by atoms with Crippen molar-refractivity contribution in [2.24, 2.45) is 17.4 Å². The van der Waals surface area contributed by atoms with Gasteiger partial charge in [-0.05, 0) is 66.6 Å². The van der Waals surface area contributed by atoms with Crippen LogP contribution in [0.4, 0.5) is 5.69 Å². The predicted octanol–water partition coefficient (Wildman–Crippen LogP) is 5.15. The van der Waals surface area contributed by atoms with Gasteiger partial charge in [-0.2, -0.15) is 0 Å². The molecule has 0 bridgehead atoms. The van der Waals surface area contributed by atoms with E-state index in [0.29, 0.717) is 23.7 Å². The molecule has 0 atom stereocenters. The third-order valence-corrected chi connectivity index (χ3v) is 5.61. The summed E-state index contributed by atoms with van der Waals surface area (Å²) in [5.74, 6) is -0.310. The maximum absolute atomic E-state index is 13.0. The summed E-state index contributed by atoms with van der Waals surface area (Å²) in [5.41, 5.74) is 19.3. The number of benzene rings is 2. The fraction of sp³-hybridized carbons (Fsp3) is 0.296. The minimum absolute atomic E-state index is 0. The van der Waals surface area contributed by atoms with E-state index < -0.39 is 5.91 Å². The van der Waals surface area contributed by atoms with Crippen LogP contribution in [-0.2, 0) is 24.2 Å². The van der Waals surface area contributed by atoms with Gasteiger partial charge in [-0.15, -0.1) is 24.8 Å². The molecule has 8 heteroatoms. The number of rotatable bonds is 8. The average molecular weight is 518 g/mol. The summed E-state index contributed by atoms with van der Waals surface area (Å²) in [5, 5.41) is 2.88.